The van der Waals surface area contributed by atoms with E-state index in [1.807, 2.05) is 23.5 Å². The smallest absolute Gasteiger partial charge is 0.294 e. The molecule has 4 rings (SSSR count). The van der Waals surface area contributed by atoms with Gasteiger partial charge in [0.05, 0.1) is 4.90 Å². The highest BCUT2D eigenvalue weighted by molar-refractivity contribution is 7.85. The molecule has 0 atom stereocenters. The third-order valence-corrected chi connectivity index (χ3v) is 6.54. The predicted molar refractivity (Wildman–Crippen MR) is 110 cm³/mol. The quantitative estimate of drug-likeness (QED) is 0.611. The van der Waals surface area contributed by atoms with Crippen molar-refractivity contribution in [3.05, 3.63) is 87.1 Å². The summed E-state index contributed by atoms with van der Waals surface area (Å²) < 4.78 is 29.2. The van der Waals surface area contributed by atoms with E-state index in [9.17, 15) is 8.42 Å². The maximum absolute atomic E-state index is 10.4. The summed E-state index contributed by atoms with van der Waals surface area (Å²) in [6.07, 6.45) is 1.18. The van der Waals surface area contributed by atoms with Crippen molar-refractivity contribution in [1.82, 2.24) is 4.90 Å². The molecule has 1 aliphatic rings. The molecule has 0 radical (unpaired) electrons. The maximum Gasteiger partial charge on any atom is 0.294 e. The SMILES string of the molecule is Clc1ccccc1CN1CCc2sccc2C1.O=S(=O)(O)c1ccccc1. The fourth-order valence-electron chi connectivity index (χ4n) is 2.90. The first-order valence-corrected chi connectivity index (χ1v) is 11.2. The van der Waals surface area contributed by atoms with Gasteiger partial charge in [0.15, 0.2) is 0 Å². The first-order chi connectivity index (χ1) is 12.9. The number of halogens is 1. The first-order valence-electron chi connectivity index (χ1n) is 8.47. The summed E-state index contributed by atoms with van der Waals surface area (Å²) in [4.78, 5) is 3.95. The van der Waals surface area contributed by atoms with Crippen molar-refractivity contribution in [3.63, 3.8) is 0 Å². The highest BCUT2D eigenvalue weighted by Gasteiger charge is 2.17. The zero-order valence-corrected chi connectivity index (χ0v) is 17.0. The Hall–Kier alpha value is -1.70. The van der Waals surface area contributed by atoms with Crippen LogP contribution in [0.1, 0.15) is 16.0 Å². The molecule has 0 bridgehead atoms. The second kappa shape index (κ2) is 8.99. The van der Waals surface area contributed by atoms with Crippen LogP contribution >= 0.6 is 22.9 Å². The van der Waals surface area contributed by atoms with Crippen LogP contribution in [0.2, 0.25) is 5.02 Å². The minimum atomic E-state index is -4.00. The van der Waals surface area contributed by atoms with Gasteiger partial charge in [0.2, 0.25) is 0 Å². The lowest BCUT2D eigenvalue weighted by atomic mass is 10.1. The van der Waals surface area contributed by atoms with Gasteiger partial charge in [0.25, 0.3) is 10.1 Å². The monoisotopic (exact) mass is 421 g/mol. The summed E-state index contributed by atoms with van der Waals surface area (Å²) in [6.45, 7) is 3.15. The van der Waals surface area contributed by atoms with Crippen LogP contribution in [0.15, 0.2) is 70.9 Å². The van der Waals surface area contributed by atoms with Crippen LogP contribution in [0.3, 0.4) is 0 Å². The van der Waals surface area contributed by atoms with E-state index in [1.165, 1.54) is 29.7 Å². The first kappa shape index (κ1) is 20.0. The molecule has 0 aliphatic carbocycles. The average Bonchev–Trinajstić information content (AvgIpc) is 3.12. The standard InChI is InChI=1S/C14H14ClNS.C6H6O3S/c15-13-4-2-1-3-11(13)9-16-7-5-14-12(10-16)6-8-17-14;7-10(8,9)6-4-2-1-3-5-6/h1-4,6,8H,5,7,9-10H2;1-5H,(H,7,8,9). The third kappa shape index (κ3) is 5.64. The van der Waals surface area contributed by atoms with Crippen molar-refractivity contribution in [2.75, 3.05) is 6.54 Å². The molecular weight excluding hydrogens is 402 g/mol. The van der Waals surface area contributed by atoms with Crippen molar-refractivity contribution in [2.24, 2.45) is 0 Å². The Bertz CT molecular complexity index is 987. The number of hydrogen-bond donors (Lipinski definition) is 1. The van der Waals surface area contributed by atoms with Crippen LogP contribution in [0.25, 0.3) is 0 Å². The number of fused-ring (bicyclic) bond motifs is 1. The van der Waals surface area contributed by atoms with Crippen LogP contribution in [-0.2, 0) is 29.6 Å². The van der Waals surface area contributed by atoms with Crippen molar-refractivity contribution in [3.8, 4) is 0 Å². The normalized spacial score (nSPS) is 14.1. The largest absolute Gasteiger partial charge is 0.294 e. The number of rotatable bonds is 3. The molecule has 1 N–H and O–H groups in total. The minimum absolute atomic E-state index is 0.0741. The van der Waals surface area contributed by atoms with Crippen LogP contribution in [0.5, 0.6) is 0 Å². The molecule has 0 amide bonds. The number of thiophene rings is 1. The van der Waals surface area contributed by atoms with Gasteiger partial charge in [0, 0.05) is 29.5 Å². The van der Waals surface area contributed by atoms with E-state index >= 15 is 0 Å². The lowest BCUT2D eigenvalue weighted by molar-refractivity contribution is 0.247. The Kier molecular flexibility index (Phi) is 6.68. The molecule has 7 heteroatoms. The van der Waals surface area contributed by atoms with E-state index in [4.69, 9.17) is 16.2 Å². The van der Waals surface area contributed by atoms with Gasteiger partial charge in [-0.1, -0.05) is 48.0 Å². The fraction of sp³-hybridized carbons (Fsp3) is 0.200. The summed E-state index contributed by atoms with van der Waals surface area (Å²) in [6, 6.07) is 17.8. The van der Waals surface area contributed by atoms with Gasteiger partial charge >= 0.3 is 0 Å². The van der Waals surface area contributed by atoms with E-state index in [0.29, 0.717) is 0 Å². The summed E-state index contributed by atoms with van der Waals surface area (Å²) in [5, 5.41) is 3.08. The Morgan fingerprint density at radius 2 is 1.74 bits per heavy atom. The molecule has 27 heavy (non-hydrogen) atoms. The molecular formula is C20H20ClNO3S2. The molecule has 3 aromatic rings. The van der Waals surface area contributed by atoms with E-state index in [2.05, 4.69) is 28.5 Å². The molecule has 2 heterocycles. The molecule has 0 saturated carbocycles. The summed E-state index contributed by atoms with van der Waals surface area (Å²) >= 11 is 8.08. The Morgan fingerprint density at radius 3 is 2.41 bits per heavy atom. The fourth-order valence-corrected chi connectivity index (χ4v) is 4.49. The molecule has 0 saturated heterocycles. The molecule has 142 valence electrons. The molecule has 1 aliphatic heterocycles. The van der Waals surface area contributed by atoms with Crippen LogP contribution < -0.4 is 0 Å². The second-order valence-corrected chi connectivity index (χ2v) is 9.04. The van der Waals surface area contributed by atoms with Gasteiger partial charge in [-0.3, -0.25) is 9.45 Å². The lowest BCUT2D eigenvalue weighted by Gasteiger charge is -2.27. The number of benzene rings is 2. The molecule has 1 aromatic heterocycles. The summed E-state index contributed by atoms with van der Waals surface area (Å²) in [5.74, 6) is 0. The van der Waals surface area contributed by atoms with Gasteiger partial charge < -0.3 is 0 Å². The summed E-state index contributed by atoms with van der Waals surface area (Å²) in [7, 11) is -4.00. The lowest BCUT2D eigenvalue weighted by Crippen LogP contribution is -2.29. The minimum Gasteiger partial charge on any atom is -0.294 e. The topological polar surface area (TPSA) is 57.6 Å². The highest BCUT2D eigenvalue weighted by atomic mass is 35.5. The number of nitrogens with zero attached hydrogens (tertiary/aromatic N) is 1. The molecule has 0 spiro atoms. The Labute approximate surface area is 168 Å². The van der Waals surface area contributed by atoms with Crippen molar-refractivity contribution < 1.29 is 13.0 Å². The van der Waals surface area contributed by atoms with Crippen LogP contribution in [0.4, 0.5) is 0 Å². The third-order valence-electron chi connectivity index (χ3n) is 4.28. The van der Waals surface area contributed by atoms with Crippen molar-refractivity contribution in [1.29, 1.82) is 0 Å². The number of hydrogen-bond acceptors (Lipinski definition) is 4. The van der Waals surface area contributed by atoms with E-state index in [1.54, 1.807) is 23.1 Å². The predicted octanol–water partition coefficient (Wildman–Crippen LogP) is 4.89. The molecule has 2 aromatic carbocycles. The zero-order valence-electron chi connectivity index (χ0n) is 14.6. The maximum atomic E-state index is 10.4. The van der Waals surface area contributed by atoms with E-state index in [0.717, 1.165) is 24.7 Å². The van der Waals surface area contributed by atoms with E-state index < -0.39 is 10.1 Å². The van der Waals surface area contributed by atoms with Gasteiger partial charge in [-0.05, 0) is 47.2 Å². The van der Waals surface area contributed by atoms with Gasteiger partial charge in [0.1, 0.15) is 0 Å². The highest BCUT2D eigenvalue weighted by Crippen LogP contribution is 2.26. The molecule has 4 nitrogen and oxygen atoms in total. The van der Waals surface area contributed by atoms with Gasteiger partial charge in [-0.15, -0.1) is 11.3 Å². The van der Waals surface area contributed by atoms with Gasteiger partial charge in [-0.2, -0.15) is 8.42 Å². The summed E-state index contributed by atoms with van der Waals surface area (Å²) in [5.41, 5.74) is 2.72. The second-order valence-electron chi connectivity index (χ2n) is 6.21. The van der Waals surface area contributed by atoms with Gasteiger partial charge in [-0.25, -0.2) is 0 Å². The molecule has 0 fully saturated rings. The average molecular weight is 422 g/mol. The van der Waals surface area contributed by atoms with E-state index in [-0.39, 0.29) is 4.90 Å². The Morgan fingerprint density at radius 1 is 1.04 bits per heavy atom. The van der Waals surface area contributed by atoms with Crippen LogP contribution in [-0.4, -0.2) is 24.4 Å². The van der Waals surface area contributed by atoms with Crippen LogP contribution in [0, 0.1) is 0 Å². The Balaban J connectivity index is 0.000000180. The van der Waals surface area contributed by atoms with Crippen molar-refractivity contribution in [2.45, 2.75) is 24.4 Å². The molecule has 0 unspecified atom stereocenters. The zero-order chi connectivity index (χ0) is 19.3. The van der Waals surface area contributed by atoms with Crippen molar-refractivity contribution >= 4 is 33.1 Å².